The number of benzene rings is 2. The highest BCUT2D eigenvalue weighted by Crippen LogP contribution is 2.30. The molecular formula is C19H26N4O6. The second kappa shape index (κ2) is 11.1. The van der Waals surface area contributed by atoms with Gasteiger partial charge in [-0.2, -0.15) is 0 Å². The van der Waals surface area contributed by atoms with E-state index in [1.54, 1.807) is 18.1 Å². The predicted octanol–water partition coefficient (Wildman–Crippen LogP) is 1.22. The number of hydrogen-bond donors (Lipinski definition) is 4. The van der Waals surface area contributed by atoms with Gasteiger partial charge >= 0.3 is 0 Å². The minimum Gasteiger partial charge on any atom is -0.489 e. The zero-order valence-electron chi connectivity index (χ0n) is 16.2. The topological polar surface area (TPSA) is 132 Å². The number of nitrogens with one attached hydrogen (secondary N) is 1. The Hall–Kier alpha value is -3.08. The SMILES string of the molecule is CN(Nc1ccc([N+](=O)[O-])cc1OCCO)c1ccc(N(CCO)CCO)cc1. The van der Waals surface area contributed by atoms with Crippen molar-refractivity contribution in [1.82, 2.24) is 0 Å². The maximum absolute atomic E-state index is 11.0. The van der Waals surface area contributed by atoms with Crippen molar-refractivity contribution in [2.24, 2.45) is 0 Å². The minimum atomic E-state index is -0.511. The van der Waals surface area contributed by atoms with E-state index in [1.165, 1.54) is 12.1 Å². The Balaban J connectivity index is 2.16. The van der Waals surface area contributed by atoms with Gasteiger partial charge in [0.05, 0.1) is 42.2 Å². The van der Waals surface area contributed by atoms with Crippen LogP contribution in [-0.4, -0.2) is 66.8 Å². The van der Waals surface area contributed by atoms with Crippen LogP contribution in [-0.2, 0) is 0 Å². The van der Waals surface area contributed by atoms with Crippen LogP contribution in [0.2, 0.25) is 0 Å². The average molecular weight is 406 g/mol. The van der Waals surface area contributed by atoms with Crippen LogP contribution in [0.1, 0.15) is 0 Å². The highest BCUT2D eigenvalue weighted by molar-refractivity contribution is 5.65. The quantitative estimate of drug-likeness (QED) is 0.303. The van der Waals surface area contributed by atoms with Crippen LogP contribution in [0.3, 0.4) is 0 Å². The smallest absolute Gasteiger partial charge is 0.273 e. The molecule has 158 valence electrons. The van der Waals surface area contributed by atoms with Crippen molar-refractivity contribution >= 4 is 22.7 Å². The van der Waals surface area contributed by atoms with Gasteiger partial charge in [0.2, 0.25) is 0 Å². The summed E-state index contributed by atoms with van der Waals surface area (Å²) in [6, 6.07) is 11.7. The monoisotopic (exact) mass is 406 g/mol. The van der Waals surface area contributed by atoms with Crippen LogP contribution in [0, 0.1) is 10.1 Å². The fraction of sp³-hybridized carbons (Fsp3) is 0.368. The van der Waals surface area contributed by atoms with Crippen LogP contribution < -0.4 is 20.1 Å². The molecule has 0 saturated heterocycles. The van der Waals surface area contributed by atoms with E-state index < -0.39 is 4.92 Å². The second-order valence-electron chi connectivity index (χ2n) is 6.13. The molecule has 4 N–H and O–H groups in total. The number of hydrogen-bond acceptors (Lipinski definition) is 9. The van der Waals surface area contributed by atoms with E-state index in [9.17, 15) is 10.1 Å². The summed E-state index contributed by atoms with van der Waals surface area (Å²) in [6.07, 6.45) is 0. The summed E-state index contributed by atoms with van der Waals surface area (Å²) in [5, 5.41) is 40.0. The number of anilines is 3. The lowest BCUT2D eigenvalue weighted by molar-refractivity contribution is -0.384. The van der Waals surface area contributed by atoms with Crippen molar-refractivity contribution < 1.29 is 25.0 Å². The molecule has 0 fully saturated rings. The molecular weight excluding hydrogens is 380 g/mol. The zero-order valence-corrected chi connectivity index (χ0v) is 16.2. The summed E-state index contributed by atoms with van der Waals surface area (Å²) in [5.74, 6) is 0.258. The largest absolute Gasteiger partial charge is 0.489 e. The first-order valence-electron chi connectivity index (χ1n) is 9.09. The van der Waals surface area contributed by atoms with Gasteiger partial charge in [0.1, 0.15) is 6.61 Å². The normalized spacial score (nSPS) is 10.5. The lowest BCUT2D eigenvalue weighted by Gasteiger charge is -2.26. The molecule has 0 radical (unpaired) electrons. The van der Waals surface area contributed by atoms with Gasteiger partial charge in [-0.15, -0.1) is 0 Å². The molecule has 0 bridgehead atoms. The lowest BCUT2D eigenvalue weighted by atomic mass is 10.2. The van der Waals surface area contributed by atoms with Gasteiger partial charge in [0.15, 0.2) is 5.75 Å². The molecule has 0 atom stereocenters. The third-order valence-corrected chi connectivity index (χ3v) is 4.16. The number of aliphatic hydroxyl groups excluding tert-OH is 3. The zero-order chi connectivity index (χ0) is 21.2. The molecule has 0 saturated carbocycles. The van der Waals surface area contributed by atoms with Gasteiger partial charge in [-0.25, -0.2) is 0 Å². The highest BCUT2D eigenvalue weighted by atomic mass is 16.6. The molecule has 0 spiro atoms. The van der Waals surface area contributed by atoms with Gasteiger partial charge in [-0.05, 0) is 30.3 Å². The molecule has 0 aromatic heterocycles. The molecule has 10 heteroatoms. The molecule has 0 aliphatic carbocycles. The molecule has 0 amide bonds. The number of aliphatic hydroxyl groups is 3. The summed E-state index contributed by atoms with van der Waals surface area (Å²) < 4.78 is 5.42. The number of ether oxygens (including phenoxy) is 1. The fourth-order valence-corrected chi connectivity index (χ4v) is 2.74. The Bertz CT molecular complexity index is 781. The Morgan fingerprint density at radius 3 is 2.17 bits per heavy atom. The van der Waals surface area contributed by atoms with Crippen LogP contribution in [0.5, 0.6) is 5.75 Å². The van der Waals surface area contributed by atoms with Gasteiger partial charge in [0.25, 0.3) is 5.69 Å². The van der Waals surface area contributed by atoms with E-state index in [4.69, 9.17) is 20.1 Å². The van der Waals surface area contributed by atoms with Crippen molar-refractivity contribution in [2.45, 2.75) is 0 Å². The Kier molecular flexibility index (Phi) is 8.46. The van der Waals surface area contributed by atoms with Crippen molar-refractivity contribution in [3.63, 3.8) is 0 Å². The first-order valence-corrected chi connectivity index (χ1v) is 9.09. The summed E-state index contributed by atoms with van der Waals surface area (Å²) in [4.78, 5) is 12.4. The molecule has 2 aromatic carbocycles. The van der Waals surface area contributed by atoms with E-state index in [-0.39, 0.29) is 37.9 Å². The first-order chi connectivity index (χ1) is 14.0. The minimum absolute atomic E-state index is 0.0137. The van der Waals surface area contributed by atoms with Crippen LogP contribution >= 0.6 is 0 Å². The summed E-state index contributed by atoms with van der Waals surface area (Å²) in [5.41, 5.74) is 5.20. The number of hydrazine groups is 1. The van der Waals surface area contributed by atoms with Crippen molar-refractivity contribution in [3.8, 4) is 5.75 Å². The Morgan fingerprint density at radius 1 is 1.00 bits per heavy atom. The summed E-state index contributed by atoms with van der Waals surface area (Å²) in [6.45, 7) is 0.613. The third kappa shape index (κ3) is 6.21. The van der Waals surface area contributed by atoms with Gasteiger partial charge in [-0.1, -0.05) is 0 Å². The van der Waals surface area contributed by atoms with Gasteiger partial charge in [0, 0.05) is 31.9 Å². The van der Waals surface area contributed by atoms with Crippen LogP contribution in [0.15, 0.2) is 42.5 Å². The predicted molar refractivity (Wildman–Crippen MR) is 111 cm³/mol. The van der Waals surface area contributed by atoms with E-state index in [0.717, 1.165) is 11.4 Å². The van der Waals surface area contributed by atoms with Crippen LogP contribution in [0.25, 0.3) is 0 Å². The van der Waals surface area contributed by atoms with E-state index >= 15 is 0 Å². The van der Waals surface area contributed by atoms with Gasteiger partial charge in [-0.3, -0.25) is 20.5 Å². The number of nitrogens with zero attached hydrogens (tertiary/aromatic N) is 3. The van der Waals surface area contributed by atoms with Crippen molar-refractivity contribution in [2.75, 3.05) is 61.9 Å². The third-order valence-electron chi connectivity index (χ3n) is 4.16. The number of nitro benzene ring substituents is 1. The molecule has 10 nitrogen and oxygen atoms in total. The Labute approximate surface area is 168 Å². The first kappa shape index (κ1) is 22.2. The van der Waals surface area contributed by atoms with Gasteiger partial charge < -0.3 is 25.0 Å². The number of rotatable bonds is 12. The number of nitro groups is 1. The van der Waals surface area contributed by atoms with E-state index in [2.05, 4.69) is 5.43 Å². The average Bonchev–Trinajstić information content (AvgIpc) is 2.72. The summed E-state index contributed by atoms with van der Waals surface area (Å²) in [7, 11) is 1.78. The fourth-order valence-electron chi connectivity index (χ4n) is 2.74. The van der Waals surface area contributed by atoms with Crippen molar-refractivity contribution in [3.05, 3.63) is 52.6 Å². The lowest BCUT2D eigenvalue weighted by Crippen LogP contribution is -2.30. The molecule has 0 unspecified atom stereocenters. The summed E-state index contributed by atoms with van der Waals surface area (Å²) >= 11 is 0. The maximum Gasteiger partial charge on any atom is 0.273 e. The maximum atomic E-state index is 11.0. The molecule has 2 aromatic rings. The molecule has 29 heavy (non-hydrogen) atoms. The molecule has 0 aliphatic rings. The number of non-ortho nitro benzene ring substituents is 1. The van der Waals surface area contributed by atoms with E-state index in [1.807, 2.05) is 29.2 Å². The Morgan fingerprint density at radius 2 is 1.62 bits per heavy atom. The molecule has 2 rings (SSSR count). The highest BCUT2D eigenvalue weighted by Gasteiger charge is 2.14. The second-order valence-corrected chi connectivity index (χ2v) is 6.13. The molecule has 0 aliphatic heterocycles. The van der Waals surface area contributed by atoms with E-state index in [0.29, 0.717) is 18.8 Å². The standard InChI is InChI=1S/C19H26N4O6/c1-21(15-2-4-16(5-3-15)22(8-10-24)9-11-25)20-18-7-6-17(23(27)28)14-19(18)29-13-12-26/h2-7,14,20,24-26H,8-13H2,1H3. The van der Waals surface area contributed by atoms with Crippen LogP contribution in [0.4, 0.5) is 22.7 Å². The van der Waals surface area contributed by atoms with Crippen molar-refractivity contribution in [1.29, 1.82) is 0 Å². The molecule has 0 heterocycles.